The first-order chi connectivity index (χ1) is 15.4. The summed E-state index contributed by atoms with van der Waals surface area (Å²) in [4.78, 5) is 50.1. The van der Waals surface area contributed by atoms with E-state index in [0.717, 1.165) is 17.0 Å². The Morgan fingerprint density at radius 1 is 1.03 bits per heavy atom. The van der Waals surface area contributed by atoms with Gasteiger partial charge in [-0.05, 0) is 48.5 Å². The van der Waals surface area contributed by atoms with Gasteiger partial charge in [-0.1, -0.05) is 18.2 Å². The molecular formula is C23H15FN2O6. The summed E-state index contributed by atoms with van der Waals surface area (Å²) in [5, 5.41) is 2.08. The number of esters is 1. The van der Waals surface area contributed by atoms with E-state index in [-0.39, 0.29) is 22.6 Å². The Labute approximate surface area is 180 Å². The van der Waals surface area contributed by atoms with Gasteiger partial charge in [-0.25, -0.2) is 18.9 Å². The summed E-state index contributed by atoms with van der Waals surface area (Å²) < 4.78 is 23.7. The van der Waals surface area contributed by atoms with Crippen LogP contribution in [0.2, 0.25) is 0 Å². The largest absolute Gasteiger partial charge is 0.465 e. The van der Waals surface area contributed by atoms with Gasteiger partial charge in [-0.2, -0.15) is 0 Å². The number of barbiturate groups is 1. The van der Waals surface area contributed by atoms with Crippen molar-refractivity contribution in [3.05, 3.63) is 83.4 Å². The highest BCUT2D eigenvalue weighted by atomic mass is 19.1. The van der Waals surface area contributed by atoms with E-state index in [1.807, 2.05) is 0 Å². The molecule has 1 saturated heterocycles. The van der Waals surface area contributed by atoms with Crippen LogP contribution in [0, 0.1) is 5.82 Å². The van der Waals surface area contributed by atoms with Gasteiger partial charge in [0.1, 0.15) is 22.9 Å². The van der Waals surface area contributed by atoms with Gasteiger partial charge >= 0.3 is 12.0 Å². The number of halogens is 1. The summed E-state index contributed by atoms with van der Waals surface area (Å²) in [6.45, 7) is 0. The van der Waals surface area contributed by atoms with Crippen molar-refractivity contribution >= 4 is 35.6 Å². The van der Waals surface area contributed by atoms with Crippen LogP contribution in [0.1, 0.15) is 16.1 Å². The third-order valence-electron chi connectivity index (χ3n) is 4.70. The van der Waals surface area contributed by atoms with E-state index >= 15 is 0 Å². The minimum atomic E-state index is -0.948. The molecule has 0 spiro atoms. The van der Waals surface area contributed by atoms with Crippen LogP contribution in [-0.2, 0) is 14.3 Å². The first-order valence-corrected chi connectivity index (χ1v) is 9.33. The van der Waals surface area contributed by atoms with Crippen molar-refractivity contribution in [2.45, 2.75) is 0 Å². The maximum atomic E-state index is 13.2. The lowest BCUT2D eigenvalue weighted by molar-refractivity contribution is -0.122. The number of nitrogens with zero attached hydrogens (tertiary/aromatic N) is 1. The molecule has 0 saturated carbocycles. The van der Waals surface area contributed by atoms with Gasteiger partial charge in [-0.3, -0.25) is 14.9 Å². The Kier molecular flexibility index (Phi) is 5.38. The standard InChI is InChI=1S/C23H15FN2O6/c1-31-22(29)17-5-3-2-4-16(17)19-11-10-15(32-19)12-18-20(27)25-23(30)26(21(18)28)14-8-6-13(24)7-9-14/h2-12H,1H3,(H,25,27,30). The van der Waals surface area contributed by atoms with Crippen molar-refractivity contribution in [2.75, 3.05) is 12.0 Å². The lowest BCUT2D eigenvalue weighted by Crippen LogP contribution is -2.54. The second kappa shape index (κ2) is 8.31. The summed E-state index contributed by atoms with van der Waals surface area (Å²) in [5.74, 6) is -2.42. The lowest BCUT2D eigenvalue weighted by Gasteiger charge is -2.26. The number of anilines is 1. The smallest absolute Gasteiger partial charge is 0.338 e. The van der Waals surface area contributed by atoms with E-state index in [1.54, 1.807) is 30.3 Å². The highest BCUT2D eigenvalue weighted by molar-refractivity contribution is 6.39. The second-order valence-corrected chi connectivity index (χ2v) is 6.67. The van der Waals surface area contributed by atoms with E-state index in [1.165, 1.54) is 31.4 Å². The van der Waals surface area contributed by atoms with Gasteiger partial charge in [0.2, 0.25) is 0 Å². The molecule has 1 aromatic heterocycles. The van der Waals surface area contributed by atoms with Crippen molar-refractivity contribution in [3.63, 3.8) is 0 Å². The molecule has 3 aromatic rings. The molecule has 4 rings (SSSR count). The Hall–Kier alpha value is -4.53. The molecule has 4 amide bonds. The van der Waals surface area contributed by atoms with Crippen molar-refractivity contribution in [1.82, 2.24) is 5.32 Å². The van der Waals surface area contributed by atoms with Crippen LogP contribution in [-0.4, -0.2) is 30.9 Å². The van der Waals surface area contributed by atoms with Gasteiger partial charge in [0.15, 0.2) is 0 Å². The number of hydrogen-bond acceptors (Lipinski definition) is 6. The zero-order valence-electron chi connectivity index (χ0n) is 16.6. The van der Waals surface area contributed by atoms with Crippen LogP contribution < -0.4 is 10.2 Å². The molecule has 0 radical (unpaired) electrons. The number of furan rings is 1. The predicted molar refractivity (Wildman–Crippen MR) is 111 cm³/mol. The zero-order valence-corrected chi connectivity index (χ0v) is 16.6. The highest BCUT2D eigenvalue weighted by Crippen LogP contribution is 2.28. The molecule has 9 heteroatoms. The van der Waals surface area contributed by atoms with Gasteiger partial charge in [0, 0.05) is 5.56 Å². The molecule has 8 nitrogen and oxygen atoms in total. The van der Waals surface area contributed by atoms with Crippen molar-refractivity contribution in [3.8, 4) is 11.3 Å². The number of carbonyl (C=O) groups is 4. The summed E-state index contributed by atoms with van der Waals surface area (Å²) >= 11 is 0. The van der Waals surface area contributed by atoms with E-state index in [4.69, 9.17) is 9.15 Å². The van der Waals surface area contributed by atoms with Crippen LogP contribution in [0.5, 0.6) is 0 Å². The quantitative estimate of drug-likeness (QED) is 0.383. The maximum absolute atomic E-state index is 13.2. The zero-order chi connectivity index (χ0) is 22.8. The first kappa shape index (κ1) is 20.7. The lowest BCUT2D eigenvalue weighted by atomic mass is 10.1. The van der Waals surface area contributed by atoms with Crippen LogP contribution >= 0.6 is 0 Å². The molecule has 1 N–H and O–H groups in total. The van der Waals surface area contributed by atoms with E-state index in [0.29, 0.717) is 11.3 Å². The number of urea groups is 1. The van der Waals surface area contributed by atoms with Crippen LogP contribution in [0.25, 0.3) is 17.4 Å². The minimum absolute atomic E-state index is 0.0967. The Morgan fingerprint density at radius 2 is 1.75 bits per heavy atom. The predicted octanol–water partition coefficient (Wildman–Crippen LogP) is 3.54. The molecule has 160 valence electrons. The van der Waals surface area contributed by atoms with Gasteiger partial charge in [-0.15, -0.1) is 0 Å². The summed E-state index contributed by atoms with van der Waals surface area (Å²) in [6, 6.07) is 13.4. The topological polar surface area (TPSA) is 106 Å². The molecule has 0 unspecified atom stereocenters. The monoisotopic (exact) mass is 434 g/mol. The number of nitrogens with one attached hydrogen (secondary N) is 1. The number of carbonyl (C=O) groups excluding carboxylic acids is 4. The molecule has 32 heavy (non-hydrogen) atoms. The Balaban J connectivity index is 1.69. The molecule has 1 aliphatic heterocycles. The summed E-state index contributed by atoms with van der Waals surface area (Å²) in [5.41, 5.74) is 0.491. The van der Waals surface area contributed by atoms with Gasteiger partial charge < -0.3 is 9.15 Å². The normalized spacial score (nSPS) is 15.1. The molecule has 0 bridgehead atoms. The van der Waals surface area contributed by atoms with Gasteiger partial charge in [0.25, 0.3) is 11.8 Å². The third kappa shape index (κ3) is 3.79. The molecule has 0 aliphatic carbocycles. The highest BCUT2D eigenvalue weighted by Gasteiger charge is 2.37. The fourth-order valence-electron chi connectivity index (χ4n) is 3.19. The molecule has 2 heterocycles. The second-order valence-electron chi connectivity index (χ2n) is 6.67. The number of benzene rings is 2. The van der Waals surface area contributed by atoms with E-state index in [2.05, 4.69) is 5.32 Å². The SMILES string of the molecule is COC(=O)c1ccccc1-c1ccc(C=C2C(=O)NC(=O)N(c3ccc(F)cc3)C2=O)o1. The fourth-order valence-corrected chi connectivity index (χ4v) is 3.19. The Morgan fingerprint density at radius 3 is 2.47 bits per heavy atom. The summed E-state index contributed by atoms with van der Waals surface area (Å²) in [7, 11) is 1.26. The minimum Gasteiger partial charge on any atom is -0.465 e. The summed E-state index contributed by atoms with van der Waals surface area (Å²) in [6.07, 6.45) is 1.19. The number of rotatable bonds is 4. The van der Waals surface area contributed by atoms with E-state index in [9.17, 15) is 23.6 Å². The van der Waals surface area contributed by atoms with Gasteiger partial charge in [0.05, 0.1) is 18.4 Å². The number of methoxy groups -OCH3 is 1. The molecule has 0 atom stereocenters. The average molecular weight is 434 g/mol. The number of ether oxygens (including phenoxy) is 1. The molecule has 1 aliphatic rings. The number of amides is 4. The van der Waals surface area contributed by atoms with Crippen molar-refractivity contribution in [1.29, 1.82) is 0 Å². The molecular weight excluding hydrogens is 419 g/mol. The van der Waals surface area contributed by atoms with E-state index < -0.39 is 29.6 Å². The van der Waals surface area contributed by atoms with Crippen LogP contribution in [0.4, 0.5) is 14.9 Å². The number of hydrogen-bond donors (Lipinski definition) is 1. The Bertz CT molecular complexity index is 1280. The van der Waals surface area contributed by atoms with Crippen molar-refractivity contribution in [2.24, 2.45) is 0 Å². The van der Waals surface area contributed by atoms with Crippen molar-refractivity contribution < 1.29 is 32.7 Å². The third-order valence-corrected chi connectivity index (χ3v) is 4.70. The molecule has 2 aromatic carbocycles. The van der Waals surface area contributed by atoms with Crippen LogP contribution in [0.15, 0.2) is 70.7 Å². The van der Waals surface area contributed by atoms with Crippen LogP contribution in [0.3, 0.4) is 0 Å². The number of imide groups is 2. The fraction of sp³-hybridized carbons (Fsp3) is 0.0435. The first-order valence-electron chi connectivity index (χ1n) is 9.33. The average Bonchev–Trinajstić information content (AvgIpc) is 3.26. The molecule has 1 fully saturated rings. The maximum Gasteiger partial charge on any atom is 0.338 e.